The van der Waals surface area contributed by atoms with E-state index in [-0.39, 0.29) is 12.1 Å². The minimum Gasteiger partial charge on any atom is -0.469 e. The van der Waals surface area contributed by atoms with Gasteiger partial charge in [-0.15, -0.1) is 0 Å². The molecule has 0 aliphatic heterocycles. The summed E-state index contributed by atoms with van der Waals surface area (Å²) in [6, 6.07) is 3.64. The second kappa shape index (κ2) is 7.73. The summed E-state index contributed by atoms with van der Waals surface area (Å²) in [5.41, 5.74) is 2.35. The minimum atomic E-state index is -0.294. The van der Waals surface area contributed by atoms with Gasteiger partial charge in [0.25, 0.3) is 0 Å². The van der Waals surface area contributed by atoms with Gasteiger partial charge in [-0.3, -0.25) is 4.84 Å². The molecule has 1 rings (SSSR count). The molecule has 1 heterocycles. The van der Waals surface area contributed by atoms with Gasteiger partial charge < -0.3 is 9.73 Å². The molecule has 0 saturated carbocycles. The third-order valence-electron chi connectivity index (χ3n) is 2.40. The van der Waals surface area contributed by atoms with Crippen molar-refractivity contribution >= 4 is 6.03 Å². The number of carbonyl (C=O) groups is 1. The van der Waals surface area contributed by atoms with Crippen LogP contribution in [0.3, 0.4) is 0 Å². The molecule has 1 unspecified atom stereocenters. The first-order valence-electron chi connectivity index (χ1n) is 5.93. The van der Waals surface area contributed by atoms with E-state index in [1.54, 1.807) is 6.26 Å². The van der Waals surface area contributed by atoms with E-state index in [2.05, 4.69) is 10.8 Å². The first kappa shape index (κ1) is 13.6. The fraction of sp³-hybridized carbons (Fsp3) is 0.583. The Kier molecular flexibility index (Phi) is 6.17. The van der Waals surface area contributed by atoms with Crippen molar-refractivity contribution in [2.45, 2.75) is 39.2 Å². The van der Waals surface area contributed by atoms with Crippen LogP contribution >= 0.6 is 0 Å². The van der Waals surface area contributed by atoms with Gasteiger partial charge >= 0.3 is 6.03 Å². The molecule has 5 heteroatoms. The molecule has 0 bridgehead atoms. The van der Waals surface area contributed by atoms with Gasteiger partial charge in [0.15, 0.2) is 0 Å². The number of aryl methyl sites for hydroxylation is 1. The highest BCUT2D eigenvalue weighted by Crippen LogP contribution is 2.02. The number of furan rings is 1. The largest absolute Gasteiger partial charge is 0.469 e. The maximum Gasteiger partial charge on any atom is 0.338 e. The summed E-state index contributed by atoms with van der Waals surface area (Å²) >= 11 is 0. The molecule has 0 aromatic carbocycles. The molecular weight excluding hydrogens is 220 g/mol. The molecule has 1 aromatic heterocycles. The van der Waals surface area contributed by atoms with E-state index in [0.29, 0.717) is 6.61 Å². The lowest BCUT2D eigenvalue weighted by Gasteiger charge is -2.12. The Balaban J connectivity index is 1.98. The quantitative estimate of drug-likeness (QED) is 0.567. The number of amides is 2. The molecule has 0 radical (unpaired) electrons. The molecule has 17 heavy (non-hydrogen) atoms. The average molecular weight is 240 g/mol. The van der Waals surface area contributed by atoms with Crippen molar-refractivity contribution in [1.82, 2.24) is 10.8 Å². The van der Waals surface area contributed by atoms with E-state index < -0.39 is 0 Å². The molecule has 5 nitrogen and oxygen atoms in total. The first-order valence-corrected chi connectivity index (χ1v) is 5.93. The number of nitrogens with one attached hydrogen (secondary N) is 2. The fourth-order valence-corrected chi connectivity index (χ4v) is 1.25. The molecule has 96 valence electrons. The molecule has 0 aliphatic carbocycles. The molecule has 1 atom stereocenters. The summed E-state index contributed by atoms with van der Waals surface area (Å²) in [5, 5.41) is 2.74. The van der Waals surface area contributed by atoms with Crippen LogP contribution in [0.2, 0.25) is 0 Å². The molecule has 2 amide bonds. The Hall–Kier alpha value is -1.49. The number of hydrogen-bond acceptors (Lipinski definition) is 3. The lowest BCUT2D eigenvalue weighted by Crippen LogP contribution is -2.40. The summed E-state index contributed by atoms with van der Waals surface area (Å²) in [6.07, 6.45) is 4.15. The van der Waals surface area contributed by atoms with Crippen LogP contribution in [0, 0.1) is 0 Å². The fourth-order valence-electron chi connectivity index (χ4n) is 1.25. The van der Waals surface area contributed by atoms with Crippen LogP contribution in [0.1, 0.15) is 32.4 Å². The van der Waals surface area contributed by atoms with Gasteiger partial charge in [0.1, 0.15) is 5.76 Å². The van der Waals surface area contributed by atoms with Gasteiger partial charge in [-0.25, -0.2) is 10.3 Å². The summed E-state index contributed by atoms with van der Waals surface area (Å²) in [5.74, 6) is 0.928. The van der Waals surface area contributed by atoms with Gasteiger partial charge in [-0.1, -0.05) is 6.92 Å². The number of hydroxylamine groups is 1. The Morgan fingerprint density at radius 3 is 3.06 bits per heavy atom. The van der Waals surface area contributed by atoms with Gasteiger partial charge in [-0.2, -0.15) is 0 Å². The molecular formula is C12H20N2O3. The molecule has 0 aliphatic rings. The van der Waals surface area contributed by atoms with Crippen molar-refractivity contribution < 1.29 is 14.0 Å². The van der Waals surface area contributed by atoms with Crippen LogP contribution in [-0.4, -0.2) is 18.7 Å². The second-order valence-corrected chi connectivity index (χ2v) is 3.92. The van der Waals surface area contributed by atoms with Crippen LogP contribution < -0.4 is 10.8 Å². The summed E-state index contributed by atoms with van der Waals surface area (Å²) in [4.78, 5) is 16.3. The van der Waals surface area contributed by atoms with Crippen molar-refractivity contribution in [2.24, 2.45) is 0 Å². The van der Waals surface area contributed by atoms with Gasteiger partial charge in [-0.05, 0) is 31.9 Å². The standard InChI is InChI=1S/C12H20N2O3/c1-3-10(2)13-12(15)14-17-9-5-7-11-6-4-8-16-11/h4,6,8,10H,3,5,7,9H2,1-2H3,(H2,13,14,15). The molecule has 2 N–H and O–H groups in total. The topological polar surface area (TPSA) is 63.5 Å². The lowest BCUT2D eigenvalue weighted by atomic mass is 10.3. The third kappa shape index (κ3) is 5.97. The minimum absolute atomic E-state index is 0.154. The highest BCUT2D eigenvalue weighted by Gasteiger charge is 2.04. The predicted molar refractivity (Wildman–Crippen MR) is 64.4 cm³/mol. The van der Waals surface area contributed by atoms with Crippen LogP contribution in [0.5, 0.6) is 0 Å². The molecule has 0 fully saturated rings. The molecule has 1 aromatic rings. The second-order valence-electron chi connectivity index (χ2n) is 3.92. The van der Waals surface area contributed by atoms with E-state index >= 15 is 0 Å². The Labute approximate surface area is 101 Å². The van der Waals surface area contributed by atoms with E-state index in [9.17, 15) is 4.79 Å². The van der Waals surface area contributed by atoms with E-state index in [4.69, 9.17) is 9.25 Å². The van der Waals surface area contributed by atoms with E-state index in [1.165, 1.54) is 0 Å². The Morgan fingerprint density at radius 1 is 1.59 bits per heavy atom. The lowest BCUT2D eigenvalue weighted by molar-refractivity contribution is 0.0583. The smallest absolute Gasteiger partial charge is 0.338 e. The van der Waals surface area contributed by atoms with Crippen molar-refractivity contribution in [3.05, 3.63) is 24.2 Å². The van der Waals surface area contributed by atoms with Gasteiger partial charge in [0, 0.05) is 12.5 Å². The van der Waals surface area contributed by atoms with Gasteiger partial charge in [0.2, 0.25) is 0 Å². The summed E-state index contributed by atoms with van der Waals surface area (Å²) in [7, 11) is 0. The zero-order chi connectivity index (χ0) is 12.5. The number of rotatable bonds is 7. The van der Waals surface area contributed by atoms with Crippen molar-refractivity contribution in [1.29, 1.82) is 0 Å². The van der Waals surface area contributed by atoms with Crippen LogP contribution in [0.15, 0.2) is 22.8 Å². The van der Waals surface area contributed by atoms with Crippen molar-refractivity contribution in [3.63, 3.8) is 0 Å². The molecule has 0 spiro atoms. The average Bonchev–Trinajstić information content (AvgIpc) is 2.81. The number of hydrogen-bond donors (Lipinski definition) is 2. The van der Waals surface area contributed by atoms with Crippen LogP contribution in [0.25, 0.3) is 0 Å². The van der Waals surface area contributed by atoms with Gasteiger partial charge in [0.05, 0.1) is 12.9 Å². The van der Waals surface area contributed by atoms with Crippen LogP contribution in [0.4, 0.5) is 4.79 Å². The summed E-state index contributed by atoms with van der Waals surface area (Å²) < 4.78 is 5.17. The van der Waals surface area contributed by atoms with E-state index in [1.807, 2.05) is 26.0 Å². The number of urea groups is 1. The predicted octanol–water partition coefficient (Wildman–Crippen LogP) is 2.24. The zero-order valence-corrected chi connectivity index (χ0v) is 10.4. The third-order valence-corrected chi connectivity index (χ3v) is 2.40. The summed E-state index contributed by atoms with van der Waals surface area (Å²) in [6.45, 7) is 4.42. The maximum atomic E-state index is 11.2. The number of carbonyl (C=O) groups excluding carboxylic acids is 1. The Morgan fingerprint density at radius 2 is 2.41 bits per heavy atom. The van der Waals surface area contributed by atoms with Crippen LogP contribution in [-0.2, 0) is 11.3 Å². The van der Waals surface area contributed by atoms with Crippen molar-refractivity contribution in [2.75, 3.05) is 6.61 Å². The van der Waals surface area contributed by atoms with Crippen molar-refractivity contribution in [3.8, 4) is 0 Å². The maximum absolute atomic E-state index is 11.2. The zero-order valence-electron chi connectivity index (χ0n) is 10.4. The monoisotopic (exact) mass is 240 g/mol. The van der Waals surface area contributed by atoms with E-state index in [0.717, 1.165) is 25.0 Å². The first-order chi connectivity index (χ1) is 8.22. The highest BCUT2D eigenvalue weighted by atomic mass is 16.7. The SMILES string of the molecule is CCC(C)NC(=O)NOCCCc1ccco1. The Bertz CT molecular complexity index is 312. The highest BCUT2D eigenvalue weighted by molar-refractivity contribution is 5.72. The normalized spacial score (nSPS) is 12.1. The molecule has 0 saturated heterocycles.